The number of aromatic nitrogens is 2. The Kier molecular flexibility index (Phi) is 4.73. The topological polar surface area (TPSA) is 46.9 Å². The number of amides is 1. The minimum atomic E-state index is -0.0786. The van der Waals surface area contributed by atoms with Crippen molar-refractivity contribution in [2.45, 2.75) is 13.1 Å². The van der Waals surface area contributed by atoms with Crippen LogP contribution in [0.15, 0.2) is 66.0 Å². The fraction of sp³-hybridized carbons (Fsp3) is 0.100. The number of nitrogens with zero attached hydrogens (tertiary/aromatic N) is 2. The summed E-state index contributed by atoms with van der Waals surface area (Å²) in [6.45, 7) is 1.04. The SMILES string of the molecule is O=C(NCc1nc2ccccc2n1Cc1ccc(Cl)cc1)c1cccs1. The van der Waals surface area contributed by atoms with E-state index in [0.29, 0.717) is 23.0 Å². The zero-order valence-electron chi connectivity index (χ0n) is 13.9. The second kappa shape index (κ2) is 7.32. The van der Waals surface area contributed by atoms with Gasteiger partial charge in [-0.25, -0.2) is 4.98 Å². The first kappa shape index (κ1) is 16.8. The summed E-state index contributed by atoms with van der Waals surface area (Å²) in [4.78, 5) is 17.7. The minimum Gasteiger partial charge on any atom is -0.344 e. The second-order valence-corrected chi connectivity index (χ2v) is 7.27. The number of hydrogen-bond donors (Lipinski definition) is 1. The van der Waals surface area contributed by atoms with Crippen LogP contribution in [-0.4, -0.2) is 15.5 Å². The first-order valence-corrected chi connectivity index (χ1v) is 9.47. The molecular weight excluding hydrogens is 366 g/mol. The van der Waals surface area contributed by atoms with Gasteiger partial charge in [0.15, 0.2) is 0 Å². The highest BCUT2D eigenvalue weighted by molar-refractivity contribution is 7.12. The van der Waals surface area contributed by atoms with Crippen LogP contribution in [0, 0.1) is 0 Å². The monoisotopic (exact) mass is 381 g/mol. The fourth-order valence-electron chi connectivity index (χ4n) is 2.86. The number of rotatable bonds is 5. The Labute approximate surface area is 160 Å². The summed E-state index contributed by atoms with van der Waals surface area (Å²) in [5.74, 6) is 0.746. The van der Waals surface area contributed by atoms with Gasteiger partial charge in [0.05, 0.1) is 22.5 Å². The van der Waals surface area contributed by atoms with E-state index in [1.54, 1.807) is 0 Å². The Morgan fingerprint density at radius 2 is 1.88 bits per heavy atom. The Morgan fingerprint density at radius 3 is 2.65 bits per heavy atom. The quantitative estimate of drug-likeness (QED) is 0.543. The number of halogens is 1. The van der Waals surface area contributed by atoms with Gasteiger partial charge >= 0.3 is 0 Å². The molecule has 0 fully saturated rings. The molecule has 26 heavy (non-hydrogen) atoms. The molecule has 2 aromatic carbocycles. The number of imidazole rings is 1. The van der Waals surface area contributed by atoms with Crippen LogP contribution in [0.1, 0.15) is 21.1 Å². The number of hydrogen-bond acceptors (Lipinski definition) is 3. The maximum atomic E-state index is 12.2. The smallest absolute Gasteiger partial charge is 0.261 e. The third kappa shape index (κ3) is 3.49. The lowest BCUT2D eigenvalue weighted by atomic mass is 10.2. The van der Waals surface area contributed by atoms with Gasteiger partial charge in [-0.1, -0.05) is 41.9 Å². The molecule has 1 N–H and O–H groups in total. The summed E-state index contributed by atoms with van der Waals surface area (Å²) in [6, 6.07) is 19.5. The highest BCUT2D eigenvalue weighted by Gasteiger charge is 2.13. The molecule has 2 heterocycles. The number of thiophene rings is 1. The van der Waals surface area contributed by atoms with Gasteiger partial charge in [-0.3, -0.25) is 4.79 Å². The van der Waals surface area contributed by atoms with E-state index in [1.165, 1.54) is 11.3 Å². The molecule has 0 saturated carbocycles. The van der Waals surface area contributed by atoms with E-state index < -0.39 is 0 Å². The van der Waals surface area contributed by atoms with E-state index in [4.69, 9.17) is 16.6 Å². The van der Waals surface area contributed by atoms with Gasteiger partial charge in [0, 0.05) is 11.6 Å². The van der Waals surface area contributed by atoms with E-state index in [2.05, 4.69) is 9.88 Å². The molecule has 0 unspecified atom stereocenters. The summed E-state index contributed by atoms with van der Waals surface area (Å²) in [7, 11) is 0. The highest BCUT2D eigenvalue weighted by Crippen LogP contribution is 2.19. The van der Waals surface area contributed by atoms with Crippen molar-refractivity contribution in [2.75, 3.05) is 0 Å². The maximum Gasteiger partial charge on any atom is 0.261 e. The van der Waals surface area contributed by atoms with Crippen molar-refractivity contribution in [3.8, 4) is 0 Å². The molecule has 0 saturated heterocycles. The van der Waals surface area contributed by atoms with Gasteiger partial charge in [0.25, 0.3) is 5.91 Å². The Morgan fingerprint density at radius 1 is 1.08 bits per heavy atom. The summed E-state index contributed by atoms with van der Waals surface area (Å²) in [6.07, 6.45) is 0. The fourth-order valence-corrected chi connectivity index (χ4v) is 3.63. The predicted octanol–water partition coefficient (Wildman–Crippen LogP) is 4.73. The summed E-state index contributed by atoms with van der Waals surface area (Å²) in [5, 5.41) is 5.57. The van der Waals surface area contributed by atoms with Crippen molar-refractivity contribution in [3.63, 3.8) is 0 Å². The predicted molar refractivity (Wildman–Crippen MR) is 106 cm³/mol. The average Bonchev–Trinajstić information content (AvgIpc) is 3.30. The third-order valence-corrected chi connectivity index (χ3v) is 5.26. The van der Waals surface area contributed by atoms with Gasteiger partial charge in [0.2, 0.25) is 0 Å². The van der Waals surface area contributed by atoms with Crippen LogP contribution in [0.25, 0.3) is 11.0 Å². The zero-order chi connectivity index (χ0) is 17.9. The molecule has 0 aliphatic carbocycles. The third-order valence-electron chi connectivity index (χ3n) is 4.14. The van der Waals surface area contributed by atoms with Crippen molar-refractivity contribution < 1.29 is 4.79 Å². The van der Waals surface area contributed by atoms with Crippen LogP contribution < -0.4 is 5.32 Å². The van der Waals surface area contributed by atoms with Gasteiger partial charge in [-0.2, -0.15) is 0 Å². The van der Waals surface area contributed by atoms with Gasteiger partial charge < -0.3 is 9.88 Å². The lowest BCUT2D eigenvalue weighted by Crippen LogP contribution is -2.24. The summed E-state index contributed by atoms with van der Waals surface area (Å²) < 4.78 is 2.13. The summed E-state index contributed by atoms with van der Waals surface area (Å²) in [5.41, 5.74) is 3.09. The van der Waals surface area contributed by atoms with Crippen LogP contribution in [0.3, 0.4) is 0 Å². The molecule has 4 rings (SSSR count). The van der Waals surface area contributed by atoms with Gasteiger partial charge in [0.1, 0.15) is 5.82 Å². The van der Waals surface area contributed by atoms with Crippen molar-refractivity contribution in [2.24, 2.45) is 0 Å². The Bertz CT molecular complexity index is 1040. The lowest BCUT2D eigenvalue weighted by Gasteiger charge is -2.10. The lowest BCUT2D eigenvalue weighted by molar-refractivity contribution is 0.0953. The van der Waals surface area contributed by atoms with Crippen molar-refractivity contribution in [3.05, 3.63) is 87.3 Å². The van der Waals surface area contributed by atoms with Crippen LogP contribution in [0.4, 0.5) is 0 Å². The Balaban J connectivity index is 1.63. The molecule has 0 radical (unpaired) electrons. The number of carbonyl (C=O) groups is 1. The standard InChI is InChI=1S/C20H16ClN3OS/c21-15-9-7-14(8-10-15)13-24-17-5-2-1-4-16(17)23-19(24)12-22-20(25)18-6-3-11-26-18/h1-11H,12-13H2,(H,22,25). The molecule has 0 spiro atoms. The minimum absolute atomic E-state index is 0.0786. The molecule has 2 aromatic heterocycles. The molecule has 4 aromatic rings. The molecule has 0 aliphatic heterocycles. The molecule has 0 atom stereocenters. The first-order chi connectivity index (χ1) is 12.7. The number of nitrogens with one attached hydrogen (secondary N) is 1. The van der Waals surface area contributed by atoms with Crippen LogP contribution >= 0.6 is 22.9 Å². The van der Waals surface area contributed by atoms with E-state index >= 15 is 0 Å². The summed E-state index contributed by atoms with van der Waals surface area (Å²) >= 11 is 7.42. The van der Waals surface area contributed by atoms with E-state index in [-0.39, 0.29) is 5.91 Å². The van der Waals surface area contributed by atoms with E-state index in [0.717, 1.165) is 22.4 Å². The number of benzene rings is 2. The zero-order valence-corrected chi connectivity index (χ0v) is 15.4. The normalized spacial score (nSPS) is 11.0. The maximum absolute atomic E-state index is 12.2. The van der Waals surface area contributed by atoms with Crippen LogP contribution in [-0.2, 0) is 13.1 Å². The van der Waals surface area contributed by atoms with E-state index in [1.807, 2.05) is 66.0 Å². The highest BCUT2D eigenvalue weighted by atomic mass is 35.5. The average molecular weight is 382 g/mol. The molecule has 0 bridgehead atoms. The largest absolute Gasteiger partial charge is 0.344 e. The number of fused-ring (bicyclic) bond motifs is 1. The number of carbonyl (C=O) groups excluding carboxylic acids is 1. The molecule has 1 amide bonds. The molecule has 6 heteroatoms. The molecule has 0 aliphatic rings. The van der Waals surface area contributed by atoms with Crippen molar-refractivity contribution in [1.82, 2.24) is 14.9 Å². The van der Waals surface area contributed by atoms with E-state index in [9.17, 15) is 4.79 Å². The molecular formula is C20H16ClN3OS. The van der Waals surface area contributed by atoms with Crippen molar-refractivity contribution >= 4 is 39.9 Å². The Hall–Kier alpha value is -2.63. The molecule has 4 nitrogen and oxygen atoms in total. The molecule has 130 valence electrons. The van der Waals surface area contributed by atoms with Crippen molar-refractivity contribution in [1.29, 1.82) is 0 Å². The second-order valence-electron chi connectivity index (χ2n) is 5.89. The van der Waals surface area contributed by atoms with Crippen LogP contribution in [0.2, 0.25) is 5.02 Å². The van der Waals surface area contributed by atoms with Gasteiger partial charge in [-0.05, 0) is 41.3 Å². The number of para-hydroxylation sites is 2. The van der Waals surface area contributed by atoms with Crippen LogP contribution in [0.5, 0.6) is 0 Å². The van der Waals surface area contributed by atoms with Gasteiger partial charge in [-0.15, -0.1) is 11.3 Å². The first-order valence-electron chi connectivity index (χ1n) is 8.21.